The third-order valence-electron chi connectivity index (χ3n) is 3.21. The molecule has 1 saturated carbocycles. The van der Waals surface area contributed by atoms with E-state index in [4.69, 9.17) is 4.74 Å². The molecule has 3 atom stereocenters. The Bertz CT molecular complexity index is 147. The lowest BCUT2D eigenvalue weighted by molar-refractivity contribution is 0.0362. The average Bonchev–Trinajstić information content (AvgIpc) is 2.52. The highest BCUT2D eigenvalue weighted by Gasteiger charge is 2.24. The van der Waals surface area contributed by atoms with Crippen molar-refractivity contribution in [2.45, 2.75) is 64.6 Å². The first kappa shape index (κ1) is 12.0. The van der Waals surface area contributed by atoms with Crippen LogP contribution in [0.2, 0.25) is 0 Å². The molecule has 14 heavy (non-hydrogen) atoms. The van der Waals surface area contributed by atoms with E-state index in [1.807, 2.05) is 0 Å². The summed E-state index contributed by atoms with van der Waals surface area (Å²) < 4.78 is 5.68. The van der Waals surface area contributed by atoms with Crippen molar-refractivity contribution >= 4 is 0 Å². The summed E-state index contributed by atoms with van der Waals surface area (Å²) in [6.45, 7) is 5.14. The van der Waals surface area contributed by atoms with E-state index in [1.165, 1.54) is 19.3 Å². The van der Waals surface area contributed by atoms with Crippen LogP contribution < -0.4 is 0 Å². The van der Waals surface area contributed by atoms with Crippen LogP contribution in [-0.2, 0) is 4.74 Å². The molecule has 3 unspecified atom stereocenters. The highest BCUT2D eigenvalue weighted by atomic mass is 16.5. The van der Waals surface area contributed by atoms with Crippen molar-refractivity contribution < 1.29 is 9.84 Å². The Morgan fingerprint density at radius 3 is 2.79 bits per heavy atom. The standard InChI is InChI=1S/C12H24O2/c1-3-5-10(2)14-9-8-11-6-4-7-12(11)13/h10-13H,3-9H2,1-2H3. The zero-order valence-electron chi connectivity index (χ0n) is 9.54. The largest absolute Gasteiger partial charge is 0.393 e. The number of aliphatic hydroxyl groups excluding tert-OH is 1. The number of hydrogen-bond donors (Lipinski definition) is 1. The van der Waals surface area contributed by atoms with Crippen molar-refractivity contribution in [3.05, 3.63) is 0 Å². The number of hydrogen-bond acceptors (Lipinski definition) is 2. The predicted octanol–water partition coefficient (Wildman–Crippen LogP) is 2.74. The minimum atomic E-state index is -0.0555. The Morgan fingerprint density at radius 1 is 1.43 bits per heavy atom. The summed E-state index contributed by atoms with van der Waals surface area (Å²) in [6.07, 6.45) is 7.08. The molecule has 2 nitrogen and oxygen atoms in total. The summed E-state index contributed by atoms with van der Waals surface area (Å²) in [4.78, 5) is 0. The minimum absolute atomic E-state index is 0.0555. The maximum Gasteiger partial charge on any atom is 0.0569 e. The molecule has 1 rings (SSSR count). The van der Waals surface area contributed by atoms with Crippen molar-refractivity contribution in [3.8, 4) is 0 Å². The SMILES string of the molecule is CCCC(C)OCCC1CCCC1O. The average molecular weight is 200 g/mol. The van der Waals surface area contributed by atoms with E-state index in [-0.39, 0.29) is 6.10 Å². The highest BCUT2D eigenvalue weighted by Crippen LogP contribution is 2.28. The fourth-order valence-electron chi connectivity index (χ4n) is 2.26. The summed E-state index contributed by atoms with van der Waals surface area (Å²) in [5.74, 6) is 0.504. The maximum absolute atomic E-state index is 9.60. The number of aliphatic hydroxyl groups is 1. The highest BCUT2D eigenvalue weighted by molar-refractivity contribution is 4.76. The lowest BCUT2D eigenvalue weighted by Crippen LogP contribution is -2.17. The van der Waals surface area contributed by atoms with Crippen molar-refractivity contribution in [1.82, 2.24) is 0 Å². The molecule has 0 amide bonds. The van der Waals surface area contributed by atoms with Gasteiger partial charge < -0.3 is 9.84 Å². The molecule has 0 heterocycles. The molecular weight excluding hydrogens is 176 g/mol. The molecule has 0 aromatic rings. The molecule has 0 saturated heterocycles. The van der Waals surface area contributed by atoms with Gasteiger partial charge >= 0.3 is 0 Å². The van der Waals surface area contributed by atoms with Gasteiger partial charge in [-0.1, -0.05) is 19.8 Å². The smallest absolute Gasteiger partial charge is 0.0569 e. The van der Waals surface area contributed by atoms with Crippen molar-refractivity contribution in [2.24, 2.45) is 5.92 Å². The molecule has 1 aliphatic carbocycles. The van der Waals surface area contributed by atoms with Crippen LogP contribution in [0.25, 0.3) is 0 Å². The lowest BCUT2D eigenvalue weighted by Gasteiger charge is -2.16. The molecule has 0 spiro atoms. The quantitative estimate of drug-likeness (QED) is 0.714. The van der Waals surface area contributed by atoms with Gasteiger partial charge in [0.05, 0.1) is 12.2 Å². The maximum atomic E-state index is 9.60. The van der Waals surface area contributed by atoms with Crippen molar-refractivity contribution in [1.29, 1.82) is 0 Å². The first-order valence-electron chi connectivity index (χ1n) is 6.03. The summed E-state index contributed by atoms with van der Waals surface area (Å²) in [5.41, 5.74) is 0. The van der Waals surface area contributed by atoms with E-state index in [9.17, 15) is 5.11 Å². The normalized spacial score (nSPS) is 29.4. The van der Waals surface area contributed by atoms with E-state index in [1.54, 1.807) is 0 Å². The molecule has 0 bridgehead atoms. The molecule has 0 aromatic heterocycles. The third kappa shape index (κ3) is 3.97. The Balaban J connectivity index is 2.03. The van der Waals surface area contributed by atoms with Crippen LogP contribution >= 0.6 is 0 Å². The van der Waals surface area contributed by atoms with Gasteiger partial charge in [0.1, 0.15) is 0 Å². The van der Waals surface area contributed by atoms with Crippen LogP contribution in [0, 0.1) is 5.92 Å². The Morgan fingerprint density at radius 2 is 2.21 bits per heavy atom. The first-order valence-corrected chi connectivity index (χ1v) is 6.03. The van der Waals surface area contributed by atoms with Crippen molar-refractivity contribution in [2.75, 3.05) is 6.61 Å². The number of ether oxygens (including phenoxy) is 1. The van der Waals surface area contributed by atoms with Gasteiger partial charge in [0.25, 0.3) is 0 Å². The van der Waals surface area contributed by atoms with Crippen LogP contribution in [0.5, 0.6) is 0 Å². The molecule has 84 valence electrons. The minimum Gasteiger partial charge on any atom is -0.393 e. The summed E-state index contributed by atoms with van der Waals surface area (Å²) in [6, 6.07) is 0. The van der Waals surface area contributed by atoms with E-state index in [0.29, 0.717) is 12.0 Å². The van der Waals surface area contributed by atoms with Crippen LogP contribution in [0.1, 0.15) is 52.4 Å². The molecule has 0 aromatic carbocycles. The first-order chi connectivity index (χ1) is 6.74. The van der Waals surface area contributed by atoms with E-state index in [2.05, 4.69) is 13.8 Å². The van der Waals surface area contributed by atoms with E-state index >= 15 is 0 Å². The second-order valence-corrected chi connectivity index (χ2v) is 4.52. The van der Waals surface area contributed by atoms with Gasteiger partial charge in [-0.25, -0.2) is 0 Å². The van der Waals surface area contributed by atoms with Crippen molar-refractivity contribution in [3.63, 3.8) is 0 Å². The summed E-state index contributed by atoms with van der Waals surface area (Å²) >= 11 is 0. The van der Waals surface area contributed by atoms with Gasteiger partial charge in [-0.15, -0.1) is 0 Å². The molecule has 0 radical (unpaired) electrons. The Hall–Kier alpha value is -0.0800. The molecule has 0 aliphatic heterocycles. The molecular formula is C12H24O2. The van der Waals surface area contributed by atoms with Gasteiger partial charge in [0.15, 0.2) is 0 Å². The predicted molar refractivity (Wildman–Crippen MR) is 58.3 cm³/mol. The molecule has 1 N–H and O–H groups in total. The fraction of sp³-hybridized carbons (Fsp3) is 1.00. The zero-order chi connectivity index (χ0) is 10.4. The fourth-order valence-corrected chi connectivity index (χ4v) is 2.26. The second-order valence-electron chi connectivity index (χ2n) is 4.52. The third-order valence-corrected chi connectivity index (χ3v) is 3.21. The van der Waals surface area contributed by atoms with Gasteiger partial charge in [0, 0.05) is 6.61 Å². The Kier molecular flexibility index (Phi) is 5.49. The molecule has 1 fully saturated rings. The molecule has 1 aliphatic rings. The van der Waals surface area contributed by atoms with Gasteiger partial charge in [-0.2, -0.15) is 0 Å². The summed E-state index contributed by atoms with van der Waals surface area (Å²) in [7, 11) is 0. The second kappa shape index (κ2) is 6.41. The van der Waals surface area contributed by atoms with Gasteiger partial charge in [-0.05, 0) is 38.5 Å². The van der Waals surface area contributed by atoms with Gasteiger partial charge in [-0.3, -0.25) is 0 Å². The van der Waals surface area contributed by atoms with Crippen LogP contribution in [0.15, 0.2) is 0 Å². The molecule has 2 heteroatoms. The Labute approximate surface area is 87.7 Å². The summed E-state index contributed by atoms with van der Waals surface area (Å²) in [5, 5.41) is 9.60. The van der Waals surface area contributed by atoms with Crippen LogP contribution in [-0.4, -0.2) is 23.9 Å². The van der Waals surface area contributed by atoms with E-state index in [0.717, 1.165) is 25.9 Å². The zero-order valence-corrected chi connectivity index (χ0v) is 9.54. The lowest BCUT2D eigenvalue weighted by atomic mass is 10.0. The van der Waals surface area contributed by atoms with E-state index < -0.39 is 0 Å². The van der Waals surface area contributed by atoms with Gasteiger partial charge in [0.2, 0.25) is 0 Å². The monoisotopic (exact) mass is 200 g/mol. The topological polar surface area (TPSA) is 29.5 Å². The number of rotatable bonds is 6. The van der Waals surface area contributed by atoms with Crippen LogP contribution in [0.4, 0.5) is 0 Å². The van der Waals surface area contributed by atoms with Crippen LogP contribution in [0.3, 0.4) is 0 Å².